The van der Waals surface area contributed by atoms with Gasteiger partial charge in [0.25, 0.3) is 5.56 Å². The Morgan fingerprint density at radius 3 is 2.70 bits per heavy atom. The molecular formula is C15H17N3O5. The summed E-state index contributed by atoms with van der Waals surface area (Å²) in [5, 5.41) is 2.91. The van der Waals surface area contributed by atoms with Crippen LogP contribution in [-0.4, -0.2) is 35.1 Å². The standard InChI is InChI=1S/C15H17N3O5/c1-23-13(20)6-8-16-12(19)7-9-18-14(21)10-4-2-3-5-11(10)17-15(18)22/h2-5H,6-9H2,1H3,(H,16,19)(H,17,22). The molecule has 8 nitrogen and oxygen atoms in total. The van der Waals surface area contributed by atoms with Crippen LogP contribution in [0.15, 0.2) is 33.9 Å². The summed E-state index contributed by atoms with van der Waals surface area (Å²) in [6, 6.07) is 6.67. The second kappa shape index (κ2) is 7.39. The van der Waals surface area contributed by atoms with Gasteiger partial charge in [-0.25, -0.2) is 4.79 Å². The van der Waals surface area contributed by atoms with Gasteiger partial charge in [0.05, 0.1) is 24.4 Å². The number of H-pyrrole nitrogens is 1. The van der Waals surface area contributed by atoms with Gasteiger partial charge in [-0.2, -0.15) is 0 Å². The zero-order valence-electron chi connectivity index (χ0n) is 12.6. The normalized spacial score (nSPS) is 10.5. The number of carbonyl (C=O) groups is 2. The van der Waals surface area contributed by atoms with Gasteiger partial charge in [-0.1, -0.05) is 12.1 Å². The molecule has 0 aliphatic rings. The molecule has 0 fully saturated rings. The van der Waals surface area contributed by atoms with Gasteiger partial charge in [0, 0.05) is 19.5 Å². The van der Waals surface area contributed by atoms with Crippen molar-refractivity contribution in [1.82, 2.24) is 14.9 Å². The minimum Gasteiger partial charge on any atom is -0.469 e. The number of benzene rings is 1. The number of ether oxygens (including phenoxy) is 1. The molecule has 0 saturated carbocycles. The summed E-state index contributed by atoms with van der Waals surface area (Å²) in [6.45, 7) is 0.109. The van der Waals surface area contributed by atoms with Gasteiger partial charge >= 0.3 is 11.7 Å². The monoisotopic (exact) mass is 319 g/mol. The first-order valence-corrected chi connectivity index (χ1v) is 7.08. The first-order chi connectivity index (χ1) is 11.0. The Hall–Kier alpha value is -2.90. The Balaban J connectivity index is 2.02. The third-order valence-corrected chi connectivity index (χ3v) is 3.33. The number of rotatable bonds is 6. The highest BCUT2D eigenvalue weighted by Gasteiger charge is 2.09. The highest BCUT2D eigenvalue weighted by atomic mass is 16.5. The minimum atomic E-state index is -0.559. The lowest BCUT2D eigenvalue weighted by Gasteiger charge is -2.07. The SMILES string of the molecule is COC(=O)CCNC(=O)CCn1c(=O)[nH]c2ccccc2c1=O. The number of aromatic amines is 1. The average molecular weight is 319 g/mol. The molecule has 2 N–H and O–H groups in total. The van der Waals surface area contributed by atoms with E-state index in [2.05, 4.69) is 15.0 Å². The molecule has 1 heterocycles. The number of aromatic nitrogens is 2. The smallest absolute Gasteiger partial charge is 0.328 e. The van der Waals surface area contributed by atoms with Crippen LogP contribution in [0.4, 0.5) is 0 Å². The van der Waals surface area contributed by atoms with Gasteiger partial charge < -0.3 is 15.0 Å². The summed E-state index contributed by atoms with van der Waals surface area (Å²) in [5.41, 5.74) is -0.538. The predicted octanol–water partition coefficient (Wildman–Crippen LogP) is -0.241. The van der Waals surface area contributed by atoms with Gasteiger partial charge in [-0.05, 0) is 12.1 Å². The molecule has 2 aromatic rings. The number of fused-ring (bicyclic) bond motifs is 1. The molecule has 0 unspecified atom stereocenters. The topological polar surface area (TPSA) is 110 Å². The minimum absolute atomic E-state index is 0.0386. The van der Waals surface area contributed by atoms with Crippen LogP contribution in [0.1, 0.15) is 12.8 Å². The molecule has 1 amide bonds. The van der Waals surface area contributed by atoms with Crippen molar-refractivity contribution < 1.29 is 14.3 Å². The molecule has 2 rings (SSSR count). The third kappa shape index (κ3) is 4.06. The summed E-state index contributed by atoms with van der Waals surface area (Å²) in [6.07, 6.45) is 0.0290. The number of methoxy groups -OCH3 is 1. The van der Waals surface area contributed by atoms with Crippen LogP contribution in [0.3, 0.4) is 0 Å². The Labute approximate surface area is 131 Å². The highest BCUT2D eigenvalue weighted by molar-refractivity contribution is 5.78. The summed E-state index contributed by atoms with van der Waals surface area (Å²) in [5.74, 6) is -0.777. The fourth-order valence-electron chi connectivity index (χ4n) is 2.11. The molecule has 1 aromatic carbocycles. The number of carbonyl (C=O) groups excluding carboxylic acids is 2. The molecule has 0 radical (unpaired) electrons. The van der Waals surface area contributed by atoms with E-state index in [4.69, 9.17) is 0 Å². The van der Waals surface area contributed by atoms with E-state index in [0.717, 1.165) is 4.57 Å². The van der Waals surface area contributed by atoms with E-state index in [1.807, 2.05) is 0 Å². The summed E-state index contributed by atoms with van der Waals surface area (Å²) < 4.78 is 5.44. The zero-order chi connectivity index (χ0) is 16.8. The van der Waals surface area contributed by atoms with Gasteiger partial charge in [0.15, 0.2) is 0 Å². The quantitative estimate of drug-likeness (QED) is 0.714. The first-order valence-electron chi connectivity index (χ1n) is 7.08. The van der Waals surface area contributed by atoms with E-state index < -0.39 is 17.2 Å². The molecule has 0 atom stereocenters. The molecule has 122 valence electrons. The molecule has 0 spiro atoms. The highest BCUT2D eigenvalue weighted by Crippen LogP contribution is 2.03. The number of nitrogens with zero attached hydrogens (tertiary/aromatic N) is 1. The average Bonchev–Trinajstić information content (AvgIpc) is 2.54. The van der Waals surface area contributed by atoms with Crippen LogP contribution in [-0.2, 0) is 20.9 Å². The molecule has 23 heavy (non-hydrogen) atoms. The molecule has 8 heteroatoms. The van der Waals surface area contributed by atoms with Crippen molar-refractivity contribution in [2.24, 2.45) is 0 Å². The molecule has 1 aromatic heterocycles. The third-order valence-electron chi connectivity index (χ3n) is 3.33. The second-order valence-corrected chi connectivity index (χ2v) is 4.86. The van der Waals surface area contributed by atoms with Crippen LogP contribution in [0.25, 0.3) is 10.9 Å². The fraction of sp³-hybridized carbons (Fsp3) is 0.333. The van der Waals surface area contributed by atoms with Crippen molar-refractivity contribution in [1.29, 1.82) is 0 Å². The number of amides is 1. The van der Waals surface area contributed by atoms with E-state index in [9.17, 15) is 19.2 Å². The van der Waals surface area contributed by atoms with Crippen LogP contribution in [0, 0.1) is 0 Å². The maximum absolute atomic E-state index is 12.3. The van der Waals surface area contributed by atoms with Crippen LogP contribution < -0.4 is 16.6 Å². The van der Waals surface area contributed by atoms with Crippen LogP contribution in [0.5, 0.6) is 0 Å². The van der Waals surface area contributed by atoms with Crippen molar-refractivity contribution >= 4 is 22.8 Å². The largest absolute Gasteiger partial charge is 0.469 e. The summed E-state index contributed by atoms with van der Waals surface area (Å²) >= 11 is 0. The van der Waals surface area contributed by atoms with Crippen molar-refractivity contribution in [3.8, 4) is 0 Å². The van der Waals surface area contributed by atoms with E-state index in [-0.39, 0.29) is 31.8 Å². The van der Waals surface area contributed by atoms with Crippen molar-refractivity contribution in [3.05, 3.63) is 45.1 Å². The zero-order valence-corrected chi connectivity index (χ0v) is 12.6. The molecular weight excluding hydrogens is 302 g/mol. The van der Waals surface area contributed by atoms with E-state index in [0.29, 0.717) is 10.9 Å². The Morgan fingerprint density at radius 1 is 1.22 bits per heavy atom. The van der Waals surface area contributed by atoms with Gasteiger partial charge in [0.1, 0.15) is 0 Å². The van der Waals surface area contributed by atoms with Crippen LogP contribution >= 0.6 is 0 Å². The molecule has 0 aliphatic heterocycles. The number of hydrogen-bond donors (Lipinski definition) is 2. The number of hydrogen-bond acceptors (Lipinski definition) is 5. The van der Waals surface area contributed by atoms with E-state index in [1.165, 1.54) is 7.11 Å². The summed E-state index contributed by atoms with van der Waals surface area (Å²) in [7, 11) is 1.27. The number of para-hydroxylation sites is 1. The number of nitrogens with one attached hydrogen (secondary N) is 2. The lowest BCUT2D eigenvalue weighted by Crippen LogP contribution is -2.37. The summed E-state index contributed by atoms with van der Waals surface area (Å²) in [4.78, 5) is 49.4. The fourth-order valence-corrected chi connectivity index (χ4v) is 2.11. The van der Waals surface area contributed by atoms with Crippen molar-refractivity contribution in [2.75, 3.05) is 13.7 Å². The second-order valence-electron chi connectivity index (χ2n) is 4.86. The van der Waals surface area contributed by atoms with Gasteiger partial charge in [0.2, 0.25) is 5.91 Å². The molecule has 0 saturated heterocycles. The van der Waals surface area contributed by atoms with Crippen molar-refractivity contribution in [3.63, 3.8) is 0 Å². The molecule has 0 aliphatic carbocycles. The number of esters is 1. The Bertz CT molecular complexity index is 837. The lowest BCUT2D eigenvalue weighted by atomic mass is 10.2. The Kier molecular flexibility index (Phi) is 5.29. The van der Waals surface area contributed by atoms with Gasteiger partial charge in [-0.15, -0.1) is 0 Å². The van der Waals surface area contributed by atoms with Gasteiger partial charge in [-0.3, -0.25) is 19.0 Å². The maximum atomic E-state index is 12.3. The first kappa shape index (κ1) is 16.5. The Morgan fingerprint density at radius 2 is 1.96 bits per heavy atom. The van der Waals surface area contributed by atoms with Crippen LogP contribution in [0.2, 0.25) is 0 Å². The van der Waals surface area contributed by atoms with E-state index in [1.54, 1.807) is 24.3 Å². The predicted molar refractivity (Wildman–Crippen MR) is 83.1 cm³/mol. The maximum Gasteiger partial charge on any atom is 0.328 e. The molecule has 0 bridgehead atoms. The van der Waals surface area contributed by atoms with E-state index >= 15 is 0 Å². The lowest BCUT2D eigenvalue weighted by molar-refractivity contribution is -0.140. The van der Waals surface area contributed by atoms with Crippen molar-refractivity contribution in [2.45, 2.75) is 19.4 Å².